The first-order valence-electron chi connectivity index (χ1n) is 8.60. The molecule has 2 N–H and O–H groups in total. The smallest absolute Gasteiger partial charge is 0.335 e. The molecule has 1 aliphatic heterocycles. The number of carboxylic acid groups (broad SMARTS) is 1. The number of aromatic carboxylic acids is 1. The first-order valence-corrected chi connectivity index (χ1v) is 8.60. The summed E-state index contributed by atoms with van der Waals surface area (Å²) in [6.45, 7) is 4.23. The Bertz CT molecular complexity index is 636. The standard InChI is InChI=1S/C20H25NO4/c1-2-3-4-18(22)11-9-17-10-12-19(23)21(17)14-13-15-5-7-16(8-6-15)20(24)25/h2,5-9,11,17-18,22H,1,3-4,10,12-14H2,(H,24,25)/t17-,18-/m0/s1. The molecule has 1 heterocycles. The minimum absolute atomic E-state index is 0.0178. The third-order valence-electron chi connectivity index (χ3n) is 4.44. The Kier molecular flexibility index (Phi) is 6.95. The van der Waals surface area contributed by atoms with Gasteiger partial charge in [0.1, 0.15) is 0 Å². The fourth-order valence-electron chi connectivity index (χ4n) is 2.95. The van der Waals surface area contributed by atoms with E-state index >= 15 is 0 Å². The molecule has 5 nitrogen and oxygen atoms in total. The summed E-state index contributed by atoms with van der Waals surface area (Å²) >= 11 is 0. The summed E-state index contributed by atoms with van der Waals surface area (Å²) < 4.78 is 0. The van der Waals surface area contributed by atoms with Crippen molar-refractivity contribution in [2.45, 2.75) is 44.2 Å². The quantitative estimate of drug-likeness (QED) is 0.676. The third kappa shape index (κ3) is 5.57. The molecule has 0 bridgehead atoms. The Morgan fingerprint density at radius 3 is 2.72 bits per heavy atom. The number of aliphatic hydroxyl groups is 1. The van der Waals surface area contributed by atoms with Gasteiger partial charge in [0.05, 0.1) is 17.7 Å². The maximum Gasteiger partial charge on any atom is 0.335 e. The molecule has 0 aromatic heterocycles. The number of likely N-dealkylation sites (tertiary alicyclic amines) is 1. The van der Waals surface area contributed by atoms with Crippen molar-refractivity contribution in [1.29, 1.82) is 0 Å². The highest BCUT2D eigenvalue weighted by Crippen LogP contribution is 2.21. The molecule has 1 saturated heterocycles. The fraction of sp³-hybridized carbons (Fsp3) is 0.400. The van der Waals surface area contributed by atoms with Gasteiger partial charge in [-0.15, -0.1) is 6.58 Å². The maximum absolute atomic E-state index is 12.1. The van der Waals surface area contributed by atoms with Crippen molar-refractivity contribution in [3.8, 4) is 0 Å². The van der Waals surface area contributed by atoms with E-state index in [1.165, 1.54) is 0 Å². The van der Waals surface area contributed by atoms with E-state index in [0.717, 1.165) is 18.4 Å². The van der Waals surface area contributed by atoms with Crippen LogP contribution in [-0.2, 0) is 11.2 Å². The molecule has 1 amide bonds. The Hall–Kier alpha value is -2.40. The van der Waals surface area contributed by atoms with Gasteiger partial charge in [-0.05, 0) is 43.4 Å². The van der Waals surface area contributed by atoms with Gasteiger partial charge in [-0.2, -0.15) is 0 Å². The average molecular weight is 343 g/mol. The predicted octanol–water partition coefficient (Wildman–Crippen LogP) is 2.80. The maximum atomic E-state index is 12.1. The lowest BCUT2D eigenvalue weighted by Gasteiger charge is -2.22. The van der Waals surface area contributed by atoms with Gasteiger partial charge in [0, 0.05) is 13.0 Å². The largest absolute Gasteiger partial charge is 0.478 e. The van der Waals surface area contributed by atoms with E-state index in [9.17, 15) is 14.7 Å². The summed E-state index contributed by atoms with van der Waals surface area (Å²) in [5.41, 5.74) is 1.26. The summed E-state index contributed by atoms with van der Waals surface area (Å²) in [4.78, 5) is 24.8. The fourth-order valence-corrected chi connectivity index (χ4v) is 2.95. The Balaban J connectivity index is 1.91. The summed E-state index contributed by atoms with van der Waals surface area (Å²) in [5.74, 6) is -0.820. The molecule has 1 aromatic carbocycles. The molecule has 0 aliphatic carbocycles. The van der Waals surface area contributed by atoms with Crippen molar-refractivity contribution in [2.75, 3.05) is 6.54 Å². The molecule has 1 fully saturated rings. The van der Waals surface area contributed by atoms with Crippen molar-refractivity contribution < 1.29 is 19.8 Å². The number of hydrogen-bond acceptors (Lipinski definition) is 3. The van der Waals surface area contributed by atoms with Crippen LogP contribution in [0.25, 0.3) is 0 Å². The Morgan fingerprint density at radius 1 is 1.36 bits per heavy atom. The lowest BCUT2D eigenvalue weighted by molar-refractivity contribution is -0.128. The number of rotatable bonds is 9. The molecule has 1 aliphatic rings. The number of aliphatic hydroxyl groups excluding tert-OH is 1. The zero-order chi connectivity index (χ0) is 18.2. The number of carboxylic acids is 1. The molecule has 134 valence electrons. The third-order valence-corrected chi connectivity index (χ3v) is 4.44. The lowest BCUT2D eigenvalue weighted by Crippen LogP contribution is -2.33. The SMILES string of the molecule is C=CCC[C@H](O)C=C[C@H]1CCC(=O)N1CCc1ccc(C(=O)O)cc1. The predicted molar refractivity (Wildman–Crippen MR) is 96.4 cm³/mol. The van der Waals surface area contributed by atoms with Crippen LogP contribution in [-0.4, -0.2) is 45.7 Å². The topological polar surface area (TPSA) is 77.8 Å². The zero-order valence-corrected chi connectivity index (χ0v) is 14.3. The van der Waals surface area contributed by atoms with Crippen LogP contribution in [0.5, 0.6) is 0 Å². The number of allylic oxidation sites excluding steroid dienone is 1. The van der Waals surface area contributed by atoms with Crippen molar-refractivity contribution in [3.05, 3.63) is 60.2 Å². The highest BCUT2D eigenvalue weighted by Gasteiger charge is 2.28. The second-order valence-corrected chi connectivity index (χ2v) is 6.26. The summed E-state index contributed by atoms with van der Waals surface area (Å²) in [6.07, 6.45) is 8.30. The number of carbonyl (C=O) groups excluding carboxylic acids is 1. The Labute approximate surface area is 148 Å². The molecule has 5 heteroatoms. The van der Waals surface area contributed by atoms with E-state index in [2.05, 4.69) is 6.58 Å². The molecular formula is C20H25NO4. The van der Waals surface area contributed by atoms with E-state index in [0.29, 0.717) is 25.8 Å². The van der Waals surface area contributed by atoms with Crippen LogP contribution in [0.15, 0.2) is 49.1 Å². The molecule has 1 aromatic rings. The molecule has 0 unspecified atom stereocenters. The van der Waals surface area contributed by atoms with Crippen LogP contribution in [0.2, 0.25) is 0 Å². The van der Waals surface area contributed by atoms with Crippen molar-refractivity contribution >= 4 is 11.9 Å². The van der Waals surface area contributed by atoms with Gasteiger partial charge in [-0.1, -0.05) is 30.4 Å². The second kappa shape index (κ2) is 9.18. The number of benzene rings is 1. The van der Waals surface area contributed by atoms with Gasteiger partial charge in [-0.25, -0.2) is 4.79 Å². The van der Waals surface area contributed by atoms with Crippen LogP contribution in [0.4, 0.5) is 0 Å². The first-order chi connectivity index (χ1) is 12.0. The summed E-state index contributed by atoms with van der Waals surface area (Å²) in [7, 11) is 0. The molecular weight excluding hydrogens is 318 g/mol. The zero-order valence-electron chi connectivity index (χ0n) is 14.3. The molecule has 0 spiro atoms. The van der Waals surface area contributed by atoms with Crippen LogP contribution in [0.1, 0.15) is 41.6 Å². The Morgan fingerprint density at radius 2 is 2.08 bits per heavy atom. The minimum Gasteiger partial charge on any atom is -0.478 e. The average Bonchev–Trinajstić information content (AvgIpc) is 2.96. The lowest BCUT2D eigenvalue weighted by atomic mass is 10.1. The van der Waals surface area contributed by atoms with Gasteiger partial charge < -0.3 is 15.1 Å². The van der Waals surface area contributed by atoms with Gasteiger partial charge in [0.15, 0.2) is 0 Å². The van der Waals surface area contributed by atoms with E-state index in [4.69, 9.17) is 5.11 Å². The number of carbonyl (C=O) groups is 2. The van der Waals surface area contributed by atoms with Crippen LogP contribution < -0.4 is 0 Å². The van der Waals surface area contributed by atoms with Crippen LogP contribution in [0, 0.1) is 0 Å². The summed E-state index contributed by atoms with van der Waals surface area (Å²) in [6, 6.07) is 6.75. The molecule has 0 radical (unpaired) electrons. The summed E-state index contributed by atoms with van der Waals surface area (Å²) in [5, 5.41) is 18.8. The van der Waals surface area contributed by atoms with Crippen LogP contribution in [0.3, 0.4) is 0 Å². The normalized spacial score (nSPS) is 18.7. The molecule has 2 rings (SSSR count). The van der Waals surface area contributed by atoms with E-state index in [-0.39, 0.29) is 17.5 Å². The molecule has 2 atom stereocenters. The van der Waals surface area contributed by atoms with E-state index < -0.39 is 12.1 Å². The van der Waals surface area contributed by atoms with Gasteiger partial charge >= 0.3 is 5.97 Å². The number of amides is 1. The highest BCUT2D eigenvalue weighted by atomic mass is 16.4. The molecule has 0 saturated carbocycles. The van der Waals surface area contributed by atoms with Crippen molar-refractivity contribution in [2.24, 2.45) is 0 Å². The highest BCUT2D eigenvalue weighted by molar-refractivity contribution is 5.87. The monoisotopic (exact) mass is 343 g/mol. The van der Waals surface area contributed by atoms with Gasteiger partial charge in [-0.3, -0.25) is 4.79 Å². The van der Waals surface area contributed by atoms with Crippen LogP contribution >= 0.6 is 0 Å². The van der Waals surface area contributed by atoms with Gasteiger partial charge in [0.25, 0.3) is 0 Å². The van der Waals surface area contributed by atoms with E-state index in [1.54, 1.807) is 36.4 Å². The van der Waals surface area contributed by atoms with E-state index in [1.807, 2.05) is 11.0 Å². The second-order valence-electron chi connectivity index (χ2n) is 6.26. The number of nitrogens with zero attached hydrogens (tertiary/aromatic N) is 1. The van der Waals surface area contributed by atoms with Crippen molar-refractivity contribution in [3.63, 3.8) is 0 Å². The minimum atomic E-state index is -0.943. The van der Waals surface area contributed by atoms with Crippen molar-refractivity contribution in [1.82, 2.24) is 4.90 Å². The molecule has 25 heavy (non-hydrogen) atoms. The first kappa shape index (κ1) is 18.9. The van der Waals surface area contributed by atoms with Gasteiger partial charge in [0.2, 0.25) is 5.91 Å². The number of hydrogen-bond donors (Lipinski definition) is 2.